The largest absolute Gasteiger partial charge is 0.481 e. The van der Waals surface area contributed by atoms with Crippen LogP contribution < -0.4 is 16.4 Å². The minimum absolute atomic E-state index is 0.0799. The number of nitrogens with two attached hydrogens (primary N) is 1. The maximum atomic E-state index is 13.1. The summed E-state index contributed by atoms with van der Waals surface area (Å²) in [6.45, 7) is 4.11. The van der Waals surface area contributed by atoms with Crippen LogP contribution in [0.15, 0.2) is 12.5 Å². The van der Waals surface area contributed by atoms with E-state index in [0.717, 1.165) is 0 Å². The van der Waals surface area contributed by atoms with Crippen molar-refractivity contribution in [2.75, 3.05) is 6.54 Å². The Bertz CT molecular complexity index is 906. The molecule has 0 aromatic carbocycles. The summed E-state index contributed by atoms with van der Waals surface area (Å²) in [4.78, 5) is 69.5. The first kappa shape index (κ1) is 27.8. The van der Waals surface area contributed by atoms with E-state index in [2.05, 4.69) is 20.6 Å². The van der Waals surface area contributed by atoms with E-state index in [4.69, 9.17) is 10.8 Å². The van der Waals surface area contributed by atoms with Crippen LogP contribution in [-0.4, -0.2) is 85.5 Å². The number of nitrogens with zero attached hydrogens (tertiary/aromatic N) is 2. The van der Waals surface area contributed by atoms with E-state index in [1.165, 1.54) is 17.4 Å². The quantitative estimate of drug-likeness (QED) is 0.203. The maximum Gasteiger partial charge on any atom is 0.326 e. The predicted molar refractivity (Wildman–Crippen MR) is 123 cm³/mol. The van der Waals surface area contributed by atoms with E-state index in [0.29, 0.717) is 31.5 Å². The summed E-state index contributed by atoms with van der Waals surface area (Å²) in [6.07, 6.45) is 3.66. The number of imidazole rings is 1. The molecule has 5 atom stereocenters. The summed E-state index contributed by atoms with van der Waals surface area (Å²) >= 11 is 0. The molecule has 1 fully saturated rings. The van der Waals surface area contributed by atoms with Crippen LogP contribution in [0.2, 0.25) is 0 Å². The summed E-state index contributed by atoms with van der Waals surface area (Å²) in [5, 5.41) is 23.4. The third-order valence-corrected chi connectivity index (χ3v) is 6.25. The molecule has 1 aromatic heterocycles. The molecule has 3 amide bonds. The zero-order chi connectivity index (χ0) is 26.1. The van der Waals surface area contributed by atoms with Gasteiger partial charge in [0.05, 0.1) is 12.4 Å². The zero-order valence-electron chi connectivity index (χ0n) is 19.9. The predicted octanol–water partition coefficient (Wildman–Crippen LogP) is -0.764. The van der Waals surface area contributed by atoms with E-state index in [9.17, 15) is 29.1 Å². The molecule has 0 saturated carbocycles. The number of hydrogen-bond acceptors (Lipinski definition) is 7. The van der Waals surface area contributed by atoms with Gasteiger partial charge >= 0.3 is 11.9 Å². The minimum Gasteiger partial charge on any atom is -0.481 e. The fraction of sp³-hybridized carbons (Fsp3) is 0.636. The van der Waals surface area contributed by atoms with Gasteiger partial charge in [-0.1, -0.05) is 20.3 Å². The van der Waals surface area contributed by atoms with E-state index in [-0.39, 0.29) is 24.7 Å². The van der Waals surface area contributed by atoms with E-state index < -0.39 is 54.3 Å². The minimum atomic E-state index is -1.33. The number of aromatic nitrogens is 2. The van der Waals surface area contributed by atoms with Crippen molar-refractivity contribution in [3.8, 4) is 0 Å². The average Bonchev–Trinajstić information content (AvgIpc) is 3.51. The standard InChI is InChI=1S/C22H34N6O7/c1-3-12(2)18(23)21(33)28-8-4-5-16(28)20(32)26-14(6-7-17(29)30)19(31)27-15(22(34)35)9-13-10-24-11-25-13/h10-12,14-16,18H,3-9,23H2,1-2H3,(H,24,25)(H,26,32)(H,27,31)(H,29,30)(H,34,35). The first-order chi connectivity index (χ1) is 16.5. The van der Waals surface area contributed by atoms with Crippen molar-refractivity contribution in [2.45, 2.75) is 76.5 Å². The summed E-state index contributed by atoms with van der Waals surface area (Å²) in [5.74, 6) is -4.36. The molecule has 7 N–H and O–H groups in total. The molecule has 13 nitrogen and oxygen atoms in total. The Morgan fingerprint density at radius 1 is 1.23 bits per heavy atom. The molecule has 35 heavy (non-hydrogen) atoms. The van der Waals surface area contributed by atoms with Gasteiger partial charge in [0.15, 0.2) is 0 Å². The van der Waals surface area contributed by atoms with Gasteiger partial charge in [0.25, 0.3) is 0 Å². The second-order valence-corrected chi connectivity index (χ2v) is 8.77. The van der Waals surface area contributed by atoms with Crippen molar-refractivity contribution < 1.29 is 34.2 Å². The number of H-pyrrole nitrogens is 1. The number of carbonyl (C=O) groups is 5. The van der Waals surface area contributed by atoms with Gasteiger partial charge in [-0.25, -0.2) is 9.78 Å². The van der Waals surface area contributed by atoms with Gasteiger partial charge in [0, 0.05) is 31.3 Å². The van der Waals surface area contributed by atoms with Gasteiger partial charge in [-0.15, -0.1) is 0 Å². The SMILES string of the molecule is CCC(C)C(N)C(=O)N1CCCC1C(=O)NC(CCC(=O)O)C(=O)NC(Cc1cnc[nH]1)C(=O)O. The van der Waals surface area contributed by atoms with Crippen molar-refractivity contribution in [2.24, 2.45) is 11.7 Å². The van der Waals surface area contributed by atoms with Crippen LogP contribution in [0.25, 0.3) is 0 Å². The van der Waals surface area contributed by atoms with Crippen molar-refractivity contribution in [1.29, 1.82) is 0 Å². The Hall–Kier alpha value is -3.48. The fourth-order valence-electron chi connectivity index (χ4n) is 3.89. The summed E-state index contributed by atoms with van der Waals surface area (Å²) < 4.78 is 0. The molecule has 5 unspecified atom stereocenters. The van der Waals surface area contributed by atoms with Crippen molar-refractivity contribution in [3.63, 3.8) is 0 Å². The number of aromatic amines is 1. The van der Waals surface area contributed by atoms with Gasteiger partial charge in [-0.2, -0.15) is 0 Å². The molecule has 1 aromatic rings. The highest BCUT2D eigenvalue weighted by atomic mass is 16.4. The topological polar surface area (TPSA) is 208 Å². The maximum absolute atomic E-state index is 13.1. The van der Waals surface area contributed by atoms with Gasteiger partial charge in [-0.05, 0) is 25.2 Å². The zero-order valence-corrected chi connectivity index (χ0v) is 19.9. The monoisotopic (exact) mass is 494 g/mol. The van der Waals surface area contributed by atoms with E-state index in [1.54, 1.807) is 0 Å². The lowest BCUT2D eigenvalue weighted by atomic mass is 9.98. The molecular weight excluding hydrogens is 460 g/mol. The average molecular weight is 495 g/mol. The number of likely N-dealkylation sites (tertiary alicyclic amines) is 1. The molecule has 2 rings (SSSR count). The molecule has 0 spiro atoms. The lowest BCUT2D eigenvalue weighted by Gasteiger charge is -2.30. The van der Waals surface area contributed by atoms with Crippen LogP contribution in [0.4, 0.5) is 0 Å². The Kier molecular flexibility index (Phi) is 10.2. The third-order valence-electron chi connectivity index (χ3n) is 6.25. The van der Waals surface area contributed by atoms with Crippen molar-refractivity contribution in [3.05, 3.63) is 18.2 Å². The molecule has 1 aliphatic heterocycles. The van der Waals surface area contributed by atoms with Crippen LogP contribution in [0.3, 0.4) is 0 Å². The Morgan fingerprint density at radius 2 is 1.94 bits per heavy atom. The molecule has 13 heteroatoms. The summed E-state index contributed by atoms with van der Waals surface area (Å²) in [6, 6.07) is -4.25. The highest BCUT2D eigenvalue weighted by Crippen LogP contribution is 2.21. The lowest BCUT2D eigenvalue weighted by molar-refractivity contribution is -0.144. The number of hydrogen-bond donors (Lipinski definition) is 6. The van der Waals surface area contributed by atoms with Gasteiger partial charge < -0.3 is 36.5 Å². The number of rotatable bonds is 13. The normalized spacial score (nSPS) is 18.8. The van der Waals surface area contributed by atoms with Gasteiger partial charge in [0.1, 0.15) is 18.1 Å². The van der Waals surface area contributed by atoms with Crippen LogP contribution in [0, 0.1) is 5.92 Å². The first-order valence-corrected chi connectivity index (χ1v) is 11.6. The smallest absolute Gasteiger partial charge is 0.326 e. The number of carboxylic acids is 2. The fourth-order valence-corrected chi connectivity index (χ4v) is 3.89. The van der Waals surface area contributed by atoms with Crippen molar-refractivity contribution in [1.82, 2.24) is 25.5 Å². The van der Waals surface area contributed by atoms with Gasteiger partial charge in [0.2, 0.25) is 17.7 Å². The molecule has 0 bridgehead atoms. The number of nitrogens with one attached hydrogen (secondary N) is 3. The Morgan fingerprint density at radius 3 is 2.51 bits per heavy atom. The van der Waals surface area contributed by atoms with Crippen molar-refractivity contribution >= 4 is 29.7 Å². The number of aliphatic carboxylic acids is 2. The lowest BCUT2D eigenvalue weighted by Crippen LogP contribution is -2.57. The van der Waals surface area contributed by atoms with Crippen LogP contribution in [-0.2, 0) is 30.4 Å². The molecule has 1 saturated heterocycles. The van der Waals surface area contributed by atoms with Crippen LogP contribution in [0.1, 0.15) is 51.6 Å². The Labute approximate surface area is 202 Å². The third kappa shape index (κ3) is 7.77. The Balaban J connectivity index is 2.12. The number of amides is 3. The molecule has 194 valence electrons. The molecule has 1 aliphatic rings. The van der Waals surface area contributed by atoms with Gasteiger partial charge in [-0.3, -0.25) is 19.2 Å². The van der Waals surface area contributed by atoms with Crippen LogP contribution >= 0.6 is 0 Å². The van der Waals surface area contributed by atoms with E-state index >= 15 is 0 Å². The molecule has 2 heterocycles. The molecule has 0 aliphatic carbocycles. The van der Waals surface area contributed by atoms with E-state index in [1.807, 2.05) is 13.8 Å². The molecule has 0 radical (unpaired) electrons. The first-order valence-electron chi connectivity index (χ1n) is 11.6. The molecular formula is C22H34N6O7. The number of carbonyl (C=O) groups excluding carboxylic acids is 3. The second-order valence-electron chi connectivity index (χ2n) is 8.77. The summed E-state index contributed by atoms with van der Waals surface area (Å²) in [7, 11) is 0. The highest BCUT2D eigenvalue weighted by molar-refractivity contribution is 5.94. The highest BCUT2D eigenvalue weighted by Gasteiger charge is 2.38. The summed E-state index contributed by atoms with van der Waals surface area (Å²) in [5.41, 5.74) is 6.54. The van der Waals surface area contributed by atoms with Crippen LogP contribution in [0.5, 0.6) is 0 Å². The number of carboxylic acid groups (broad SMARTS) is 2. The second kappa shape index (κ2) is 12.8.